The van der Waals surface area contributed by atoms with Gasteiger partial charge >= 0.3 is 0 Å². The third-order valence-electron chi connectivity index (χ3n) is 2.65. The number of hydrazone groups is 1. The second-order valence-electron chi connectivity index (χ2n) is 4.04. The maximum absolute atomic E-state index is 11.7. The van der Waals surface area contributed by atoms with Gasteiger partial charge in [-0.05, 0) is 25.5 Å². The minimum Gasteiger partial charge on any atom is -0.325 e. The Kier molecular flexibility index (Phi) is 2.75. The van der Waals surface area contributed by atoms with Crippen LogP contribution in [0.2, 0.25) is 0 Å². The number of anilines is 1. The molecule has 1 amide bonds. The second kappa shape index (κ2) is 4.06. The molecule has 1 aliphatic heterocycles. The standard InChI is InChI=1S/C12H15N3O/c1-8-3-4-11(9(2)5-8)15-12(16)6-10(7-13)14-15/h3-5H,6-7,13H2,1-2H3. The molecule has 1 aromatic rings. The number of nitrogens with two attached hydrogens (primary N) is 1. The summed E-state index contributed by atoms with van der Waals surface area (Å²) in [7, 11) is 0. The summed E-state index contributed by atoms with van der Waals surface area (Å²) < 4.78 is 0. The van der Waals surface area contributed by atoms with Gasteiger partial charge in [0.2, 0.25) is 0 Å². The molecule has 4 heteroatoms. The van der Waals surface area contributed by atoms with Gasteiger partial charge in [0, 0.05) is 6.54 Å². The van der Waals surface area contributed by atoms with Gasteiger partial charge in [-0.1, -0.05) is 17.7 Å². The van der Waals surface area contributed by atoms with E-state index in [0.29, 0.717) is 13.0 Å². The average Bonchev–Trinajstić information content (AvgIpc) is 2.60. The Bertz CT molecular complexity index is 465. The van der Waals surface area contributed by atoms with Crippen molar-refractivity contribution < 1.29 is 4.79 Å². The van der Waals surface area contributed by atoms with Crippen molar-refractivity contribution in [3.8, 4) is 0 Å². The Morgan fingerprint density at radius 1 is 1.44 bits per heavy atom. The summed E-state index contributed by atoms with van der Waals surface area (Å²) >= 11 is 0. The monoisotopic (exact) mass is 217 g/mol. The number of nitrogens with zero attached hydrogens (tertiary/aromatic N) is 2. The summed E-state index contributed by atoms with van der Waals surface area (Å²) in [5.41, 5.74) is 9.30. The van der Waals surface area contributed by atoms with Gasteiger partial charge < -0.3 is 5.73 Å². The molecule has 0 bridgehead atoms. The molecule has 0 radical (unpaired) electrons. The molecule has 0 fully saturated rings. The topological polar surface area (TPSA) is 58.7 Å². The van der Waals surface area contributed by atoms with E-state index in [0.717, 1.165) is 17.0 Å². The summed E-state index contributed by atoms with van der Waals surface area (Å²) in [6.07, 6.45) is 0.337. The molecule has 0 saturated heterocycles. The number of carbonyl (C=O) groups is 1. The lowest BCUT2D eigenvalue weighted by Gasteiger charge is -2.14. The van der Waals surface area contributed by atoms with E-state index in [-0.39, 0.29) is 5.91 Å². The molecular weight excluding hydrogens is 202 g/mol. The van der Waals surface area contributed by atoms with E-state index < -0.39 is 0 Å². The van der Waals surface area contributed by atoms with E-state index in [9.17, 15) is 4.79 Å². The minimum absolute atomic E-state index is 0.00703. The number of carbonyl (C=O) groups excluding carboxylic acids is 1. The lowest BCUT2D eigenvalue weighted by atomic mass is 10.1. The van der Waals surface area contributed by atoms with E-state index in [2.05, 4.69) is 5.10 Å². The highest BCUT2D eigenvalue weighted by atomic mass is 16.2. The molecule has 2 rings (SSSR count). The van der Waals surface area contributed by atoms with Crippen LogP contribution in [0.5, 0.6) is 0 Å². The van der Waals surface area contributed by atoms with E-state index >= 15 is 0 Å². The van der Waals surface area contributed by atoms with Crippen LogP contribution in [0.4, 0.5) is 5.69 Å². The normalized spacial score (nSPS) is 15.6. The smallest absolute Gasteiger partial charge is 0.253 e. The van der Waals surface area contributed by atoms with Gasteiger partial charge in [0.25, 0.3) is 5.91 Å². The van der Waals surface area contributed by atoms with Crippen LogP contribution in [0, 0.1) is 13.8 Å². The van der Waals surface area contributed by atoms with E-state index in [1.54, 1.807) is 0 Å². The van der Waals surface area contributed by atoms with Gasteiger partial charge in [0.05, 0.1) is 17.8 Å². The number of aryl methyl sites for hydroxylation is 2. The Labute approximate surface area is 94.7 Å². The zero-order valence-corrected chi connectivity index (χ0v) is 9.53. The quantitative estimate of drug-likeness (QED) is 0.813. The van der Waals surface area contributed by atoms with E-state index in [1.807, 2.05) is 32.0 Å². The third kappa shape index (κ3) is 1.84. The highest BCUT2D eigenvalue weighted by Crippen LogP contribution is 2.25. The minimum atomic E-state index is -0.00703. The number of hydrogen-bond donors (Lipinski definition) is 1. The van der Waals surface area contributed by atoms with Crippen molar-refractivity contribution in [1.82, 2.24) is 0 Å². The van der Waals surface area contributed by atoms with Crippen molar-refractivity contribution in [3.05, 3.63) is 29.3 Å². The molecule has 16 heavy (non-hydrogen) atoms. The molecule has 1 heterocycles. The summed E-state index contributed by atoms with van der Waals surface area (Å²) in [6.45, 7) is 4.34. The molecule has 0 aliphatic carbocycles. The number of amides is 1. The van der Waals surface area contributed by atoms with Gasteiger partial charge in [-0.15, -0.1) is 0 Å². The third-order valence-corrected chi connectivity index (χ3v) is 2.65. The zero-order chi connectivity index (χ0) is 11.7. The maximum atomic E-state index is 11.7. The fourth-order valence-corrected chi connectivity index (χ4v) is 1.83. The first-order valence-corrected chi connectivity index (χ1v) is 5.28. The van der Waals surface area contributed by atoms with Crippen molar-refractivity contribution in [2.45, 2.75) is 20.3 Å². The zero-order valence-electron chi connectivity index (χ0n) is 9.53. The molecule has 4 nitrogen and oxygen atoms in total. The first-order chi connectivity index (χ1) is 7.61. The van der Waals surface area contributed by atoms with Gasteiger partial charge in [-0.25, -0.2) is 5.01 Å². The van der Waals surface area contributed by atoms with Crippen molar-refractivity contribution in [2.24, 2.45) is 10.8 Å². The largest absolute Gasteiger partial charge is 0.325 e. The Morgan fingerprint density at radius 3 is 2.75 bits per heavy atom. The first-order valence-electron chi connectivity index (χ1n) is 5.28. The number of benzene rings is 1. The Hall–Kier alpha value is -1.68. The lowest BCUT2D eigenvalue weighted by molar-refractivity contribution is -0.116. The molecule has 0 spiro atoms. The SMILES string of the molecule is Cc1ccc(N2N=C(CN)CC2=O)c(C)c1. The van der Waals surface area contributed by atoms with Crippen LogP contribution >= 0.6 is 0 Å². The molecule has 1 aliphatic rings. The molecule has 0 aromatic heterocycles. The maximum Gasteiger partial charge on any atom is 0.253 e. The molecule has 0 saturated carbocycles. The van der Waals surface area contributed by atoms with Crippen LogP contribution in [0.1, 0.15) is 17.5 Å². The molecule has 0 unspecified atom stereocenters. The summed E-state index contributed by atoms with van der Waals surface area (Å²) in [5, 5.41) is 5.68. The highest BCUT2D eigenvalue weighted by molar-refractivity contribution is 6.13. The summed E-state index contributed by atoms with van der Waals surface area (Å²) in [6, 6.07) is 5.94. The van der Waals surface area contributed by atoms with Gasteiger partial charge in [0.15, 0.2) is 0 Å². The first kappa shape index (κ1) is 10.8. The summed E-state index contributed by atoms with van der Waals surface area (Å²) in [5.74, 6) is -0.00703. The Balaban J connectivity index is 2.38. The van der Waals surface area contributed by atoms with Gasteiger partial charge in [-0.3, -0.25) is 4.79 Å². The Morgan fingerprint density at radius 2 is 2.19 bits per heavy atom. The van der Waals surface area contributed by atoms with Crippen LogP contribution in [-0.4, -0.2) is 18.2 Å². The molecule has 84 valence electrons. The van der Waals surface area contributed by atoms with Crippen LogP contribution in [0.3, 0.4) is 0 Å². The van der Waals surface area contributed by atoms with Crippen molar-refractivity contribution in [1.29, 1.82) is 0 Å². The van der Waals surface area contributed by atoms with Crippen LogP contribution in [-0.2, 0) is 4.79 Å². The predicted molar refractivity (Wildman–Crippen MR) is 64.5 cm³/mol. The van der Waals surface area contributed by atoms with Gasteiger partial charge in [-0.2, -0.15) is 5.10 Å². The molecule has 0 atom stereocenters. The van der Waals surface area contributed by atoms with Gasteiger partial charge in [0.1, 0.15) is 0 Å². The summed E-state index contributed by atoms with van der Waals surface area (Å²) in [4.78, 5) is 11.7. The number of hydrogen-bond acceptors (Lipinski definition) is 3. The predicted octanol–water partition coefficient (Wildman–Crippen LogP) is 1.35. The fraction of sp³-hybridized carbons (Fsp3) is 0.333. The molecule has 1 aromatic carbocycles. The fourth-order valence-electron chi connectivity index (χ4n) is 1.83. The second-order valence-corrected chi connectivity index (χ2v) is 4.04. The molecule has 2 N–H and O–H groups in total. The average molecular weight is 217 g/mol. The van der Waals surface area contributed by atoms with Crippen LogP contribution in [0.15, 0.2) is 23.3 Å². The highest BCUT2D eigenvalue weighted by Gasteiger charge is 2.25. The van der Waals surface area contributed by atoms with Crippen LogP contribution < -0.4 is 10.7 Å². The molecular formula is C12H15N3O. The van der Waals surface area contributed by atoms with Crippen molar-refractivity contribution >= 4 is 17.3 Å². The van der Waals surface area contributed by atoms with E-state index in [1.165, 1.54) is 10.6 Å². The van der Waals surface area contributed by atoms with E-state index in [4.69, 9.17) is 5.73 Å². The van der Waals surface area contributed by atoms with Crippen molar-refractivity contribution in [3.63, 3.8) is 0 Å². The lowest BCUT2D eigenvalue weighted by Crippen LogP contribution is -2.20. The van der Waals surface area contributed by atoms with Crippen molar-refractivity contribution in [2.75, 3.05) is 11.6 Å². The van der Waals surface area contributed by atoms with Crippen LogP contribution in [0.25, 0.3) is 0 Å². The number of rotatable bonds is 2.